The van der Waals surface area contributed by atoms with Gasteiger partial charge in [0.2, 0.25) is 0 Å². The minimum Gasteiger partial charge on any atom is -0.335 e. The summed E-state index contributed by atoms with van der Waals surface area (Å²) in [6.45, 7) is 3.86. The Bertz CT molecular complexity index is 694. The van der Waals surface area contributed by atoms with Crippen molar-refractivity contribution in [1.82, 2.24) is 19.8 Å². The van der Waals surface area contributed by atoms with Crippen LogP contribution >= 0.6 is 0 Å². The molecule has 1 N–H and O–H groups in total. The first-order valence-electron chi connectivity index (χ1n) is 9.28. The van der Waals surface area contributed by atoms with E-state index in [9.17, 15) is 4.79 Å². The van der Waals surface area contributed by atoms with E-state index in [1.807, 2.05) is 23.6 Å². The summed E-state index contributed by atoms with van der Waals surface area (Å²) in [6.07, 6.45) is 8.80. The molecule has 2 amide bonds. The predicted molar refractivity (Wildman–Crippen MR) is 97.4 cm³/mol. The van der Waals surface area contributed by atoms with Crippen LogP contribution in [0.4, 0.5) is 4.79 Å². The maximum absolute atomic E-state index is 12.7. The van der Waals surface area contributed by atoms with Crippen molar-refractivity contribution >= 4 is 6.03 Å². The minimum absolute atomic E-state index is 0.0912. The van der Waals surface area contributed by atoms with Gasteiger partial charge in [0.15, 0.2) is 0 Å². The van der Waals surface area contributed by atoms with Crippen LogP contribution in [-0.2, 0) is 0 Å². The van der Waals surface area contributed by atoms with Crippen molar-refractivity contribution in [3.8, 4) is 0 Å². The number of imidazole rings is 1. The van der Waals surface area contributed by atoms with Crippen LogP contribution in [0, 0.1) is 5.92 Å². The van der Waals surface area contributed by atoms with E-state index in [1.165, 1.54) is 5.56 Å². The summed E-state index contributed by atoms with van der Waals surface area (Å²) in [5, 5.41) is 3.23. The summed E-state index contributed by atoms with van der Waals surface area (Å²) in [4.78, 5) is 18.8. The van der Waals surface area contributed by atoms with Crippen molar-refractivity contribution in [3.63, 3.8) is 0 Å². The molecule has 2 aromatic rings. The summed E-state index contributed by atoms with van der Waals surface area (Å²) < 4.78 is 2.14. The molecule has 132 valence electrons. The van der Waals surface area contributed by atoms with E-state index >= 15 is 0 Å². The number of hydrogen-bond donors (Lipinski definition) is 1. The average Bonchev–Trinajstić information content (AvgIpc) is 3.13. The van der Waals surface area contributed by atoms with Gasteiger partial charge in [-0.2, -0.15) is 0 Å². The molecule has 1 saturated heterocycles. The molecular weight excluding hydrogens is 312 g/mol. The van der Waals surface area contributed by atoms with E-state index in [2.05, 4.69) is 52.1 Å². The number of benzene rings is 1. The van der Waals surface area contributed by atoms with Crippen LogP contribution in [0.1, 0.15) is 43.7 Å². The van der Waals surface area contributed by atoms with Crippen LogP contribution in [0.2, 0.25) is 0 Å². The van der Waals surface area contributed by atoms with E-state index in [-0.39, 0.29) is 6.03 Å². The minimum atomic E-state index is 0.0912. The highest BCUT2D eigenvalue weighted by Crippen LogP contribution is 2.37. The predicted octanol–water partition coefficient (Wildman–Crippen LogP) is 3.42. The third kappa shape index (κ3) is 3.41. The second-order valence-corrected chi connectivity index (χ2v) is 7.51. The highest BCUT2D eigenvalue weighted by Gasteiger charge is 2.34. The first kappa shape index (κ1) is 16.2. The highest BCUT2D eigenvalue weighted by atomic mass is 16.2. The lowest BCUT2D eigenvalue weighted by Crippen LogP contribution is -2.52. The summed E-state index contributed by atoms with van der Waals surface area (Å²) in [7, 11) is 0. The summed E-state index contributed by atoms with van der Waals surface area (Å²) >= 11 is 0. The van der Waals surface area contributed by atoms with E-state index in [4.69, 9.17) is 0 Å². The number of likely N-dealkylation sites (tertiary alicyclic amines) is 1. The Hall–Kier alpha value is -2.30. The number of carbonyl (C=O) groups is 1. The molecule has 0 radical (unpaired) electrons. The fraction of sp³-hybridized carbons (Fsp3) is 0.500. The fourth-order valence-corrected chi connectivity index (χ4v) is 4.09. The number of amides is 2. The lowest BCUT2D eigenvalue weighted by Gasteiger charge is -2.41. The number of rotatable bonds is 3. The van der Waals surface area contributed by atoms with E-state index in [1.54, 1.807) is 0 Å². The molecular formula is C20H26N4O. The first-order chi connectivity index (χ1) is 12.2. The molecule has 1 saturated carbocycles. The van der Waals surface area contributed by atoms with Crippen LogP contribution in [0.5, 0.6) is 0 Å². The van der Waals surface area contributed by atoms with Crippen molar-refractivity contribution in [3.05, 3.63) is 54.6 Å². The normalized spacial score (nSPS) is 29.1. The van der Waals surface area contributed by atoms with Gasteiger partial charge in [0.25, 0.3) is 0 Å². The van der Waals surface area contributed by atoms with Gasteiger partial charge in [-0.15, -0.1) is 0 Å². The van der Waals surface area contributed by atoms with Gasteiger partial charge in [0.05, 0.1) is 12.4 Å². The van der Waals surface area contributed by atoms with Crippen molar-refractivity contribution in [2.24, 2.45) is 5.92 Å². The molecule has 5 nitrogen and oxygen atoms in total. The Morgan fingerprint density at radius 3 is 2.76 bits per heavy atom. The molecule has 5 heteroatoms. The molecule has 25 heavy (non-hydrogen) atoms. The fourth-order valence-electron chi connectivity index (χ4n) is 4.09. The number of carbonyl (C=O) groups excluding carboxylic acids is 1. The largest absolute Gasteiger partial charge is 0.335 e. The molecule has 0 spiro atoms. The third-order valence-corrected chi connectivity index (χ3v) is 5.85. The molecule has 2 unspecified atom stereocenters. The van der Waals surface area contributed by atoms with Gasteiger partial charge in [-0.1, -0.05) is 37.3 Å². The SMILES string of the molecule is CC1CCN(C(=O)NC2CC(c3ccccc3)C2)CC1n1ccnc1. The van der Waals surface area contributed by atoms with Gasteiger partial charge in [-0.05, 0) is 36.7 Å². The zero-order valence-electron chi connectivity index (χ0n) is 14.7. The Morgan fingerprint density at radius 1 is 1.24 bits per heavy atom. The molecule has 2 fully saturated rings. The van der Waals surface area contributed by atoms with Gasteiger partial charge in [-0.25, -0.2) is 9.78 Å². The van der Waals surface area contributed by atoms with E-state index in [0.29, 0.717) is 23.9 Å². The number of piperidine rings is 1. The number of urea groups is 1. The van der Waals surface area contributed by atoms with Crippen LogP contribution < -0.4 is 5.32 Å². The van der Waals surface area contributed by atoms with Gasteiger partial charge in [0, 0.05) is 31.5 Å². The molecule has 2 aliphatic rings. The zero-order chi connectivity index (χ0) is 17.2. The maximum Gasteiger partial charge on any atom is 0.317 e. The average molecular weight is 338 g/mol. The molecule has 0 bridgehead atoms. The third-order valence-electron chi connectivity index (χ3n) is 5.85. The van der Waals surface area contributed by atoms with Gasteiger partial charge >= 0.3 is 6.03 Å². The first-order valence-corrected chi connectivity index (χ1v) is 9.28. The summed E-state index contributed by atoms with van der Waals surface area (Å²) in [6, 6.07) is 11.3. The monoisotopic (exact) mass is 338 g/mol. The van der Waals surface area contributed by atoms with Crippen molar-refractivity contribution in [2.75, 3.05) is 13.1 Å². The molecule has 1 aromatic heterocycles. The topological polar surface area (TPSA) is 50.2 Å². The van der Waals surface area contributed by atoms with Crippen LogP contribution in [0.3, 0.4) is 0 Å². The van der Waals surface area contributed by atoms with Gasteiger partial charge in [-0.3, -0.25) is 0 Å². The quantitative estimate of drug-likeness (QED) is 0.932. The Labute approximate surface area is 149 Å². The Balaban J connectivity index is 1.30. The lowest BCUT2D eigenvalue weighted by molar-refractivity contribution is 0.132. The molecule has 2 heterocycles. The van der Waals surface area contributed by atoms with E-state index < -0.39 is 0 Å². The number of aromatic nitrogens is 2. The highest BCUT2D eigenvalue weighted by molar-refractivity contribution is 5.74. The van der Waals surface area contributed by atoms with Crippen molar-refractivity contribution in [1.29, 1.82) is 0 Å². The molecule has 1 aliphatic carbocycles. The summed E-state index contributed by atoms with van der Waals surface area (Å²) in [5.41, 5.74) is 1.39. The lowest BCUT2D eigenvalue weighted by atomic mass is 9.76. The zero-order valence-corrected chi connectivity index (χ0v) is 14.7. The number of nitrogens with zero attached hydrogens (tertiary/aromatic N) is 3. The molecule has 1 aliphatic heterocycles. The molecule has 4 rings (SSSR count). The smallest absolute Gasteiger partial charge is 0.317 e. The Morgan fingerprint density at radius 2 is 2.04 bits per heavy atom. The second kappa shape index (κ2) is 6.90. The molecule has 1 aromatic carbocycles. The van der Waals surface area contributed by atoms with Gasteiger partial charge in [0.1, 0.15) is 0 Å². The van der Waals surface area contributed by atoms with Crippen LogP contribution in [0.15, 0.2) is 49.1 Å². The Kier molecular flexibility index (Phi) is 4.47. The summed E-state index contributed by atoms with van der Waals surface area (Å²) in [5.74, 6) is 1.15. The van der Waals surface area contributed by atoms with E-state index in [0.717, 1.165) is 32.4 Å². The van der Waals surface area contributed by atoms with Crippen LogP contribution in [0.25, 0.3) is 0 Å². The number of hydrogen-bond acceptors (Lipinski definition) is 2. The molecule has 2 atom stereocenters. The van der Waals surface area contributed by atoms with Gasteiger partial charge < -0.3 is 14.8 Å². The van der Waals surface area contributed by atoms with Crippen LogP contribution in [-0.4, -0.2) is 39.6 Å². The second-order valence-electron chi connectivity index (χ2n) is 7.51. The number of nitrogens with one attached hydrogen (secondary N) is 1. The standard InChI is InChI=1S/C20H26N4O/c1-15-7-9-23(13-19(15)24-10-8-21-14-24)20(25)22-18-11-17(12-18)16-5-3-2-4-6-16/h2-6,8,10,14-15,17-19H,7,9,11-13H2,1H3,(H,22,25). The maximum atomic E-state index is 12.7. The van der Waals surface area contributed by atoms with Crippen molar-refractivity contribution in [2.45, 2.75) is 44.2 Å². The van der Waals surface area contributed by atoms with Crippen molar-refractivity contribution < 1.29 is 4.79 Å².